The number of hydrogen-bond acceptors (Lipinski definition) is 7. The molecule has 1 atom stereocenters. The third-order valence-corrected chi connectivity index (χ3v) is 5.42. The van der Waals surface area contributed by atoms with Crippen LogP contribution in [0.2, 0.25) is 0 Å². The molecule has 0 radical (unpaired) electrons. The molecule has 2 aromatic rings. The monoisotopic (exact) mass is 440 g/mol. The Morgan fingerprint density at radius 3 is 2.69 bits per heavy atom. The van der Waals surface area contributed by atoms with Crippen molar-refractivity contribution in [3.63, 3.8) is 0 Å². The van der Waals surface area contributed by atoms with Gasteiger partial charge in [-0.3, -0.25) is 19.7 Å². The lowest BCUT2D eigenvalue weighted by Crippen LogP contribution is -2.53. The molecule has 1 N–H and O–H groups in total. The molecule has 168 valence electrons. The number of aryl methyl sites for hydroxylation is 1. The van der Waals surface area contributed by atoms with E-state index in [-0.39, 0.29) is 30.4 Å². The highest BCUT2D eigenvalue weighted by Crippen LogP contribution is 2.33. The Morgan fingerprint density at radius 2 is 1.94 bits per heavy atom. The third-order valence-electron chi connectivity index (χ3n) is 5.42. The third kappa shape index (κ3) is 4.65. The quantitative estimate of drug-likeness (QED) is 0.558. The van der Waals surface area contributed by atoms with E-state index in [0.29, 0.717) is 37.7 Å². The largest absolute Gasteiger partial charge is 0.477 e. The number of nitrogens with one attached hydrogen (secondary N) is 1. The van der Waals surface area contributed by atoms with Crippen molar-refractivity contribution in [3.8, 4) is 5.75 Å². The van der Waals surface area contributed by atoms with Crippen molar-refractivity contribution in [1.82, 2.24) is 4.90 Å². The van der Waals surface area contributed by atoms with Gasteiger partial charge in [0.2, 0.25) is 5.91 Å². The van der Waals surface area contributed by atoms with Gasteiger partial charge in [-0.15, -0.1) is 0 Å². The highest BCUT2D eigenvalue weighted by molar-refractivity contribution is 5.96. The van der Waals surface area contributed by atoms with E-state index in [9.17, 15) is 19.7 Å². The molecule has 1 fully saturated rings. The van der Waals surface area contributed by atoms with Crippen LogP contribution in [0, 0.1) is 17.0 Å². The first-order chi connectivity index (χ1) is 15.4. The van der Waals surface area contributed by atoms with E-state index in [1.165, 1.54) is 12.1 Å². The van der Waals surface area contributed by atoms with Gasteiger partial charge in [-0.2, -0.15) is 0 Å². The van der Waals surface area contributed by atoms with Crippen molar-refractivity contribution < 1.29 is 24.0 Å². The number of carbonyl (C=O) groups excluding carboxylic acids is 2. The summed E-state index contributed by atoms with van der Waals surface area (Å²) >= 11 is 0. The number of anilines is 2. The molecule has 1 saturated heterocycles. The van der Waals surface area contributed by atoms with Gasteiger partial charge in [-0.25, -0.2) is 0 Å². The molecule has 0 aliphatic carbocycles. The van der Waals surface area contributed by atoms with E-state index in [4.69, 9.17) is 9.47 Å². The summed E-state index contributed by atoms with van der Waals surface area (Å²) in [6, 6.07) is 11.8. The highest BCUT2D eigenvalue weighted by Gasteiger charge is 2.34. The van der Waals surface area contributed by atoms with Crippen LogP contribution in [0.25, 0.3) is 0 Å². The zero-order valence-electron chi connectivity index (χ0n) is 17.7. The Labute approximate surface area is 184 Å². The van der Waals surface area contributed by atoms with Gasteiger partial charge < -0.3 is 24.6 Å². The number of fused-ring (bicyclic) bond motifs is 1. The molecule has 4 rings (SSSR count). The number of benzene rings is 2. The first kappa shape index (κ1) is 21.6. The van der Waals surface area contributed by atoms with Crippen molar-refractivity contribution in [3.05, 3.63) is 58.1 Å². The lowest BCUT2D eigenvalue weighted by atomic mass is 10.1. The normalized spacial score (nSPS) is 17.8. The number of hydrogen-bond donors (Lipinski definition) is 1. The zero-order valence-corrected chi connectivity index (χ0v) is 17.7. The Hall–Kier alpha value is -3.66. The van der Waals surface area contributed by atoms with Crippen LogP contribution in [0.15, 0.2) is 42.5 Å². The number of nitro groups is 1. The Morgan fingerprint density at radius 1 is 1.19 bits per heavy atom. The van der Waals surface area contributed by atoms with Crippen LogP contribution < -0.4 is 15.0 Å². The Kier molecular flexibility index (Phi) is 6.22. The number of ether oxygens (including phenoxy) is 2. The molecule has 0 spiro atoms. The van der Waals surface area contributed by atoms with E-state index in [1.54, 1.807) is 34.9 Å². The molecule has 0 aromatic heterocycles. The van der Waals surface area contributed by atoms with E-state index < -0.39 is 16.9 Å². The van der Waals surface area contributed by atoms with Gasteiger partial charge >= 0.3 is 0 Å². The number of nitrogens with zero attached hydrogens (tertiary/aromatic N) is 3. The zero-order chi connectivity index (χ0) is 22.7. The topological polar surface area (TPSA) is 114 Å². The minimum Gasteiger partial charge on any atom is -0.477 e. The molecule has 10 heteroatoms. The second-order valence-corrected chi connectivity index (χ2v) is 7.72. The van der Waals surface area contributed by atoms with E-state index >= 15 is 0 Å². The summed E-state index contributed by atoms with van der Waals surface area (Å²) in [4.78, 5) is 40.1. The second kappa shape index (κ2) is 9.23. The predicted molar refractivity (Wildman–Crippen MR) is 117 cm³/mol. The molecule has 2 amide bonds. The molecular weight excluding hydrogens is 416 g/mol. The standard InChI is InChI=1S/C22H24N4O6/c1-15-6-7-16(18(12-15)26(29)30)23-21(27)14-25-13-20(22(28)24-8-10-31-11-9-24)32-19-5-3-2-4-17(19)25/h2-7,12,20H,8-11,13-14H2,1H3,(H,23,27)/t20-/m1/s1. The van der Waals surface area contributed by atoms with Crippen molar-refractivity contribution in [2.45, 2.75) is 13.0 Å². The first-order valence-electron chi connectivity index (χ1n) is 10.3. The maximum Gasteiger partial charge on any atom is 0.293 e. The number of carbonyl (C=O) groups is 2. The lowest BCUT2D eigenvalue weighted by molar-refractivity contribution is -0.384. The lowest BCUT2D eigenvalue weighted by Gasteiger charge is -2.38. The van der Waals surface area contributed by atoms with Crippen LogP contribution in [0.1, 0.15) is 5.56 Å². The SMILES string of the molecule is Cc1ccc(NC(=O)CN2C[C@H](C(=O)N3CCOCC3)Oc3ccccc32)c([N+](=O)[O-])c1. The van der Waals surface area contributed by atoms with Crippen molar-refractivity contribution in [2.24, 2.45) is 0 Å². The van der Waals surface area contributed by atoms with Gasteiger partial charge in [0.25, 0.3) is 11.6 Å². The summed E-state index contributed by atoms with van der Waals surface area (Å²) in [6.07, 6.45) is -0.760. The average molecular weight is 440 g/mol. The van der Waals surface area contributed by atoms with Gasteiger partial charge in [0.15, 0.2) is 6.10 Å². The summed E-state index contributed by atoms with van der Waals surface area (Å²) in [6.45, 7) is 3.81. The molecule has 32 heavy (non-hydrogen) atoms. The molecule has 2 aliphatic heterocycles. The molecule has 2 aliphatic rings. The smallest absolute Gasteiger partial charge is 0.293 e. The first-order valence-corrected chi connectivity index (χ1v) is 10.3. The molecule has 0 unspecified atom stereocenters. The fourth-order valence-corrected chi connectivity index (χ4v) is 3.83. The Balaban J connectivity index is 1.51. The highest BCUT2D eigenvalue weighted by atomic mass is 16.6. The number of morpholine rings is 1. The molecule has 10 nitrogen and oxygen atoms in total. The summed E-state index contributed by atoms with van der Waals surface area (Å²) in [5.74, 6) is -0.0620. The van der Waals surface area contributed by atoms with Gasteiger partial charge in [-0.1, -0.05) is 18.2 Å². The number of amides is 2. The second-order valence-electron chi connectivity index (χ2n) is 7.72. The summed E-state index contributed by atoms with van der Waals surface area (Å²) < 4.78 is 11.3. The maximum absolute atomic E-state index is 13.0. The van der Waals surface area contributed by atoms with Crippen LogP contribution in [-0.2, 0) is 14.3 Å². The summed E-state index contributed by atoms with van der Waals surface area (Å²) in [5, 5.41) is 14.0. The van der Waals surface area contributed by atoms with Crippen molar-refractivity contribution in [1.29, 1.82) is 0 Å². The van der Waals surface area contributed by atoms with Crippen LogP contribution in [0.4, 0.5) is 17.1 Å². The molecular formula is C22H24N4O6. The van der Waals surface area contributed by atoms with Gasteiger partial charge in [0, 0.05) is 19.2 Å². The van der Waals surface area contributed by atoms with Crippen LogP contribution in [0.5, 0.6) is 5.75 Å². The van der Waals surface area contributed by atoms with Gasteiger partial charge in [-0.05, 0) is 30.7 Å². The fourth-order valence-electron chi connectivity index (χ4n) is 3.83. The van der Waals surface area contributed by atoms with E-state index in [2.05, 4.69) is 5.32 Å². The van der Waals surface area contributed by atoms with Crippen LogP contribution in [-0.4, -0.2) is 67.1 Å². The van der Waals surface area contributed by atoms with Crippen LogP contribution >= 0.6 is 0 Å². The summed E-state index contributed by atoms with van der Waals surface area (Å²) in [7, 11) is 0. The van der Waals surface area contributed by atoms with Gasteiger partial charge in [0.1, 0.15) is 11.4 Å². The summed E-state index contributed by atoms with van der Waals surface area (Å²) in [5.41, 5.74) is 1.38. The average Bonchev–Trinajstić information content (AvgIpc) is 2.80. The van der Waals surface area contributed by atoms with Gasteiger partial charge in [0.05, 0.1) is 36.9 Å². The number of nitro benzene ring substituents is 1. The Bertz CT molecular complexity index is 1040. The van der Waals surface area contributed by atoms with Crippen LogP contribution in [0.3, 0.4) is 0 Å². The molecule has 0 bridgehead atoms. The van der Waals surface area contributed by atoms with E-state index in [0.717, 1.165) is 5.56 Å². The minimum absolute atomic E-state index is 0.0850. The number of para-hydroxylation sites is 2. The molecule has 2 aromatic carbocycles. The van der Waals surface area contributed by atoms with Crippen molar-refractivity contribution in [2.75, 3.05) is 49.6 Å². The minimum atomic E-state index is -0.760. The van der Waals surface area contributed by atoms with E-state index in [1.807, 2.05) is 12.1 Å². The fraction of sp³-hybridized carbons (Fsp3) is 0.364. The van der Waals surface area contributed by atoms with Crippen molar-refractivity contribution >= 4 is 28.9 Å². The molecule has 2 heterocycles. The molecule has 0 saturated carbocycles. The maximum atomic E-state index is 13.0. The number of rotatable bonds is 5. The predicted octanol–water partition coefficient (Wildman–Crippen LogP) is 1.97.